The van der Waals surface area contributed by atoms with Crippen molar-refractivity contribution in [3.63, 3.8) is 0 Å². The normalized spacial score (nSPS) is 11.7. The van der Waals surface area contributed by atoms with Gasteiger partial charge in [-0.1, -0.05) is 42.5 Å². The molecule has 3 heteroatoms. The summed E-state index contributed by atoms with van der Waals surface area (Å²) in [6.07, 6.45) is 3.75. The van der Waals surface area contributed by atoms with Gasteiger partial charge < -0.3 is 0 Å². The van der Waals surface area contributed by atoms with Crippen LogP contribution in [0.4, 0.5) is 8.78 Å². The van der Waals surface area contributed by atoms with Gasteiger partial charge in [-0.3, -0.25) is 4.98 Å². The van der Waals surface area contributed by atoms with E-state index in [1.807, 2.05) is 42.7 Å². The van der Waals surface area contributed by atoms with Crippen LogP contribution in [-0.2, 0) is 0 Å². The molecule has 30 heavy (non-hydrogen) atoms. The highest BCUT2D eigenvalue weighted by atomic mass is 19.1. The molecule has 0 atom stereocenters. The van der Waals surface area contributed by atoms with Crippen molar-refractivity contribution < 1.29 is 8.78 Å². The predicted molar refractivity (Wildman–Crippen MR) is 119 cm³/mol. The van der Waals surface area contributed by atoms with Gasteiger partial charge in [0.05, 0.1) is 0 Å². The zero-order valence-corrected chi connectivity index (χ0v) is 15.9. The molecule has 0 aliphatic heterocycles. The first kappa shape index (κ1) is 17.0. The Bertz CT molecular complexity index is 1420. The Morgan fingerprint density at radius 3 is 1.47 bits per heavy atom. The number of rotatable bonds is 2. The van der Waals surface area contributed by atoms with Gasteiger partial charge in [0.15, 0.2) is 0 Å². The molecule has 6 aromatic rings. The van der Waals surface area contributed by atoms with Gasteiger partial charge in [0.2, 0.25) is 0 Å². The van der Waals surface area contributed by atoms with Crippen LogP contribution in [-0.4, -0.2) is 4.98 Å². The van der Waals surface area contributed by atoms with Crippen LogP contribution in [0.25, 0.3) is 54.6 Å². The van der Waals surface area contributed by atoms with Crippen molar-refractivity contribution in [2.45, 2.75) is 0 Å². The maximum atomic E-state index is 13.5. The Balaban J connectivity index is 1.78. The summed E-state index contributed by atoms with van der Waals surface area (Å²) < 4.78 is 27.0. The summed E-state index contributed by atoms with van der Waals surface area (Å²) in [6.45, 7) is 0. The van der Waals surface area contributed by atoms with Gasteiger partial charge in [-0.25, -0.2) is 8.78 Å². The number of aromatic nitrogens is 1. The van der Waals surface area contributed by atoms with E-state index >= 15 is 0 Å². The molecule has 0 saturated heterocycles. The first-order chi connectivity index (χ1) is 14.7. The van der Waals surface area contributed by atoms with E-state index < -0.39 is 0 Å². The van der Waals surface area contributed by atoms with Crippen LogP contribution in [0.15, 0.2) is 91.3 Å². The standard InChI is InChI=1S/C27H15F2N/c28-20-8-4-16(5-9-20)24-12-18-14-30-15-19-13-25(17-6-10-21(29)11-7-17)23-3-1-2-22(24)27(23)26(18)19/h1-15H. The van der Waals surface area contributed by atoms with Crippen molar-refractivity contribution >= 4 is 32.3 Å². The molecule has 0 unspecified atom stereocenters. The maximum Gasteiger partial charge on any atom is 0.123 e. The second-order valence-corrected chi connectivity index (χ2v) is 7.55. The molecule has 0 radical (unpaired) electrons. The van der Waals surface area contributed by atoms with Crippen LogP contribution in [0.1, 0.15) is 0 Å². The minimum atomic E-state index is -0.254. The first-order valence-corrected chi connectivity index (χ1v) is 9.76. The molecule has 0 bridgehead atoms. The summed E-state index contributed by atoms with van der Waals surface area (Å²) in [6, 6.07) is 23.7. The number of nitrogens with zero attached hydrogens (tertiary/aromatic N) is 1. The molecule has 0 spiro atoms. The minimum absolute atomic E-state index is 0.254. The molecule has 1 aromatic heterocycles. The molecule has 6 rings (SSSR count). The maximum absolute atomic E-state index is 13.5. The second-order valence-electron chi connectivity index (χ2n) is 7.55. The van der Waals surface area contributed by atoms with Gasteiger partial charge in [-0.2, -0.15) is 0 Å². The minimum Gasteiger partial charge on any atom is -0.263 e. The van der Waals surface area contributed by atoms with E-state index in [4.69, 9.17) is 0 Å². The highest BCUT2D eigenvalue weighted by Gasteiger charge is 2.16. The van der Waals surface area contributed by atoms with E-state index in [2.05, 4.69) is 29.2 Å². The molecule has 142 valence electrons. The van der Waals surface area contributed by atoms with E-state index in [1.165, 1.54) is 24.3 Å². The lowest BCUT2D eigenvalue weighted by molar-refractivity contribution is 0.627. The number of hydrogen-bond donors (Lipinski definition) is 0. The number of benzene rings is 5. The summed E-state index contributed by atoms with van der Waals surface area (Å²) in [5.74, 6) is -0.507. The molecule has 0 amide bonds. The van der Waals surface area contributed by atoms with Crippen molar-refractivity contribution in [1.82, 2.24) is 4.98 Å². The summed E-state index contributed by atoms with van der Waals surface area (Å²) in [7, 11) is 0. The van der Waals surface area contributed by atoms with E-state index in [-0.39, 0.29) is 11.6 Å². The zero-order valence-electron chi connectivity index (χ0n) is 15.9. The van der Waals surface area contributed by atoms with Crippen molar-refractivity contribution in [3.05, 3.63) is 103 Å². The number of pyridine rings is 1. The second kappa shape index (κ2) is 6.33. The Hall–Kier alpha value is -3.85. The molecule has 5 aromatic carbocycles. The third kappa shape index (κ3) is 2.49. The average molecular weight is 391 g/mol. The van der Waals surface area contributed by atoms with Crippen molar-refractivity contribution in [1.29, 1.82) is 0 Å². The Kier molecular flexibility index (Phi) is 3.59. The van der Waals surface area contributed by atoms with Crippen LogP contribution >= 0.6 is 0 Å². The van der Waals surface area contributed by atoms with Crippen LogP contribution < -0.4 is 0 Å². The van der Waals surface area contributed by atoms with Crippen LogP contribution in [0.5, 0.6) is 0 Å². The van der Waals surface area contributed by atoms with Gasteiger partial charge in [0, 0.05) is 28.6 Å². The molecular formula is C27H15F2N. The summed E-state index contributed by atoms with van der Waals surface area (Å²) in [5.41, 5.74) is 4.00. The lowest BCUT2D eigenvalue weighted by Gasteiger charge is -2.17. The Morgan fingerprint density at radius 2 is 1.00 bits per heavy atom. The van der Waals surface area contributed by atoms with Gasteiger partial charge in [-0.15, -0.1) is 0 Å². The summed E-state index contributed by atoms with van der Waals surface area (Å²) in [4.78, 5) is 4.45. The smallest absolute Gasteiger partial charge is 0.123 e. The van der Waals surface area contributed by atoms with Crippen molar-refractivity contribution in [3.8, 4) is 22.3 Å². The molecule has 0 N–H and O–H groups in total. The highest BCUT2D eigenvalue weighted by Crippen LogP contribution is 2.43. The Morgan fingerprint density at radius 1 is 0.533 bits per heavy atom. The lowest BCUT2D eigenvalue weighted by Crippen LogP contribution is -1.91. The highest BCUT2D eigenvalue weighted by molar-refractivity contribution is 6.28. The van der Waals surface area contributed by atoms with E-state index in [9.17, 15) is 8.78 Å². The average Bonchev–Trinajstić information content (AvgIpc) is 2.78. The van der Waals surface area contributed by atoms with E-state index in [0.717, 1.165) is 54.6 Å². The van der Waals surface area contributed by atoms with Crippen LogP contribution in [0.3, 0.4) is 0 Å². The predicted octanol–water partition coefficient (Wildman–Crippen LogP) is 7.59. The molecule has 1 nitrogen and oxygen atoms in total. The molecule has 0 aliphatic rings. The van der Waals surface area contributed by atoms with Crippen LogP contribution in [0.2, 0.25) is 0 Å². The Labute approximate surface area is 171 Å². The largest absolute Gasteiger partial charge is 0.263 e. The third-order valence-electron chi connectivity index (χ3n) is 5.81. The fraction of sp³-hybridized carbons (Fsp3) is 0. The number of hydrogen-bond acceptors (Lipinski definition) is 1. The topological polar surface area (TPSA) is 12.9 Å². The van der Waals surface area contributed by atoms with Gasteiger partial charge >= 0.3 is 0 Å². The van der Waals surface area contributed by atoms with Crippen LogP contribution in [0, 0.1) is 11.6 Å². The lowest BCUT2D eigenvalue weighted by atomic mass is 9.86. The van der Waals surface area contributed by atoms with Gasteiger partial charge in [0.1, 0.15) is 11.6 Å². The fourth-order valence-corrected chi connectivity index (χ4v) is 4.47. The van der Waals surface area contributed by atoms with E-state index in [1.54, 1.807) is 0 Å². The number of halogens is 2. The fourth-order valence-electron chi connectivity index (χ4n) is 4.47. The van der Waals surface area contributed by atoms with Crippen molar-refractivity contribution in [2.75, 3.05) is 0 Å². The van der Waals surface area contributed by atoms with Crippen molar-refractivity contribution in [2.24, 2.45) is 0 Å². The van der Waals surface area contributed by atoms with E-state index in [0.29, 0.717) is 0 Å². The molecule has 0 aliphatic carbocycles. The molecular weight excluding hydrogens is 376 g/mol. The summed E-state index contributed by atoms with van der Waals surface area (Å²) >= 11 is 0. The molecule has 0 saturated carbocycles. The quantitative estimate of drug-likeness (QED) is 0.277. The summed E-state index contributed by atoms with van der Waals surface area (Å²) in [5, 5.41) is 6.60. The monoisotopic (exact) mass is 391 g/mol. The molecule has 0 fully saturated rings. The SMILES string of the molecule is Fc1ccc(-c2cc3cncc4cc(-c5ccc(F)cc5)c5cccc2c5c34)cc1. The first-order valence-electron chi connectivity index (χ1n) is 9.76. The van der Waals surface area contributed by atoms with Gasteiger partial charge in [-0.05, 0) is 74.8 Å². The molecule has 1 heterocycles. The third-order valence-corrected chi connectivity index (χ3v) is 5.81. The zero-order chi connectivity index (χ0) is 20.2. The van der Waals surface area contributed by atoms with Gasteiger partial charge in [0.25, 0.3) is 0 Å².